The second-order valence-corrected chi connectivity index (χ2v) is 6.89. The van der Waals surface area contributed by atoms with Gasteiger partial charge in [-0.1, -0.05) is 24.3 Å². The predicted octanol–water partition coefficient (Wildman–Crippen LogP) is -4.07. The number of oxazole rings is 1. The molecule has 152 valence electrons. The summed E-state index contributed by atoms with van der Waals surface area (Å²) in [5.41, 5.74) is 2.40. The molecule has 0 unspecified atom stereocenters. The van der Waals surface area contributed by atoms with Crippen LogP contribution in [-0.2, 0) is 9.59 Å². The van der Waals surface area contributed by atoms with E-state index in [1.54, 1.807) is 6.07 Å². The van der Waals surface area contributed by atoms with Crippen LogP contribution in [0.1, 0.15) is 12.8 Å². The van der Waals surface area contributed by atoms with E-state index in [0.29, 0.717) is 11.6 Å². The molecule has 0 saturated heterocycles. The molecular formula is C23H17NNa2O6. The van der Waals surface area contributed by atoms with Gasteiger partial charge in [0, 0.05) is 11.5 Å². The van der Waals surface area contributed by atoms with Crippen LogP contribution in [0, 0.1) is 5.92 Å². The van der Waals surface area contributed by atoms with E-state index >= 15 is 0 Å². The largest absolute Gasteiger partial charge is 1.00 e. The van der Waals surface area contributed by atoms with Gasteiger partial charge in [0.1, 0.15) is 11.3 Å². The molecular weight excluding hydrogens is 432 g/mol. The first-order chi connectivity index (χ1) is 14.5. The number of para-hydroxylation sites is 2. The number of hydrogen-bond donors (Lipinski definition) is 0. The van der Waals surface area contributed by atoms with Gasteiger partial charge in [-0.25, -0.2) is 4.98 Å². The van der Waals surface area contributed by atoms with E-state index in [2.05, 4.69) is 4.98 Å². The van der Waals surface area contributed by atoms with Gasteiger partial charge in [0.25, 0.3) is 0 Å². The molecule has 0 saturated carbocycles. The molecule has 1 aromatic heterocycles. The van der Waals surface area contributed by atoms with Crippen molar-refractivity contribution in [3.8, 4) is 17.2 Å². The molecule has 32 heavy (non-hydrogen) atoms. The summed E-state index contributed by atoms with van der Waals surface area (Å²) < 4.78 is 11.4. The maximum absolute atomic E-state index is 10.7. The number of nitrogens with zero attached hydrogens (tertiary/aromatic N) is 1. The number of aromatic nitrogens is 1. The number of carbonyl (C=O) groups is 2. The minimum atomic E-state index is -1.64. The van der Waals surface area contributed by atoms with E-state index in [9.17, 15) is 19.8 Å². The molecule has 0 fully saturated rings. The zero-order valence-corrected chi connectivity index (χ0v) is 21.9. The molecule has 0 atom stereocenters. The van der Waals surface area contributed by atoms with Crippen molar-refractivity contribution in [1.82, 2.24) is 4.98 Å². The van der Waals surface area contributed by atoms with E-state index in [1.807, 2.05) is 54.6 Å². The standard InChI is InChI=1S/C23H19NO6.2Na/c25-22(26)18(23(27)28)4-3-11-29-17-10-9-14-12-16(8-7-15(14)13-17)21-24-19-5-1-2-6-20(19)30-21;;/h1-2,5-10,12-13,18H,3-4,11H2,(H,25,26)(H,27,28);;/q;2*+1/p-2. The molecule has 1 heterocycles. The van der Waals surface area contributed by atoms with Gasteiger partial charge in [0.2, 0.25) is 5.89 Å². The number of fused-ring (bicyclic) bond motifs is 2. The summed E-state index contributed by atoms with van der Waals surface area (Å²) in [6, 6.07) is 19.0. The molecule has 0 radical (unpaired) electrons. The first-order valence-electron chi connectivity index (χ1n) is 9.45. The molecule has 0 spiro atoms. The van der Waals surface area contributed by atoms with Gasteiger partial charge >= 0.3 is 59.1 Å². The zero-order valence-electron chi connectivity index (χ0n) is 17.9. The van der Waals surface area contributed by atoms with Crippen LogP contribution in [0.4, 0.5) is 0 Å². The Labute approximate surface area is 228 Å². The molecule has 0 aliphatic heterocycles. The van der Waals surface area contributed by atoms with Gasteiger partial charge in [-0.05, 0) is 60.0 Å². The summed E-state index contributed by atoms with van der Waals surface area (Å²) in [6.07, 6.45) is 0.146. The number of carbonyl (C=O) groups excluding carboxylic acids is 2. The maximum Gasteiger partial charge on any atom is 1.00 e. The fraction of sp³-hybridized carbons (Fsp3) is 0.174. The van der Waals surface area contributed by atoms with Crippen LogP contribution in [0.15, 0.2) is 65.1 Å². The van der Waals surface area contributed by atoms with Gasteiger partial charge < -0.3 is 29.0 Å². The molecule has 7 nitrogen and oxygen atoms in total. The van der Waals surface area contributed by atoms with Crippen molar-refractivity contribution in [2.24, 2.45) is 5.92 Å². The Bertz CT molecular complexity index is 1190. The Hall–Kier alpha value is -1.87. The van der Waals surface area contributed by atoms with Crippen molar-refractivity contribution < 1.29 is 88.1 Å². The minimum absolute atomic E-state index is 0. The first kappa shape index (κ1) is 26.4. The van der Waals surface area contributed by atoms with Crippen molar-refractivity contribution in [3.63, 3.8) is 0 Å². The molecule has 4 rings (SSSR count). The van der Waals surface area contributed by atoms with E-state index in [0.717, 1.165) is 27.4 Å². The Balaban J connectivity index is 0.00000181. The molecule has 3 aromatic carbocycles. The molecule has 0 aliphatic carbocycles. The maximum atomic E-state index is 10.7. The van der Waals surface area contributed by atoms with Gasteiger partial charge in [-0.3, -0.25) is 0 Å². The molecule has 9 heteroatoms. The van der Waals surface area contributed by atoms with Gasteiger partial charge in [-0.2, -0.15) is 0 Å². The number of benzene rings is 3. The zero-order chi connectivity index (χ0) is 21.1. The molecule has 0 aliphatic rings. The molecule has 0 amide bonds. The number of carboxylic acids is 2. The normalized spacial score (nSPS) is 10.5. The number of carboxylic acid groups (broad SMARTS) is 2. The average Bonchev–Trinajstić information content (AvgIpc) is 3.17. The van der Waals surface area contributed by atoms with Crippen molar-refractivity contribution in [3.05, 3.63) is 60.7 Å². The van der Waals surface area contributed by atoms with Crippen molar-refractivity contribution in [1.29, 1.82) is 0 Å². The summed E-state index contributed by atoms with van der Waals surface area (Å²) >= 11 is 0. The summed E-state index contributed by atoms with van der Waals surface area (Å²) in [5, 5.41) is 23.4. The second kappa shape index (κ2) is 11.8. The van der Waals surface area contributed by atoms with Crippen LogP contribution in [-0.4, -0.2) is 23.5 Å². The van der Waals surface area contributed by atoms with E-state index in [4.69, 9.17) is 9.15 Å². The fourth-order valence-electron chi connectivity index (χ4n) is 3.25. The second-order valence-electron chi connectivity index (χ2n) is 6.89. The van der Waals surface area contributed by atoms with Crippen LogP contribution in [0.5, 0.6) is 5.75 Å². The molecule has 0 N–H and O–H groups in total. The number of ether oxygens (including phenoxy) is 1. The van der Waals surface area contributed by atoms with Crippen LogP contribution >= 0.6 is 0 Å². The SMILES string of the molecule is O=C([O-])C(CCCOc1ccc2cc(-c3nc4ccccc4o3)ccc2c1)C(=O)[O-].[Na+].[Na+]. The summed E-state index contributed by atoms with van der Waals surface area (Å²) in [6.45, 7) is 0.184. The third kappa shape index (κ3) is 6.13. The quantitative estimate of drug-likeness (QED) is 0.153. The summed E-state index contributed by atoms with van der Waals surface area (Å²) in [5.74, 6) is -3.76. The number of hydrogen-bond acceptors (Lipinski definition) is 7. The van der Waals surface area contributed by atoms with Gasteiger partial charge in [0.05, 0.1) is 18.5 Å². The topological polar surface area (TPSA) is 116 Å². The van der Waals surface area contributed by atoms with Crippen molar-refractivity contribution in [2.75, 3.05) is 6.61 Å². The monoisotopic (exact) mass is 449 g/mol. The first-order valence-corrected chi connectivity index (χ1v) is 9.45. The van der Waals surface area contributed by atoms with Crippen LogP contribution in [0.2, 0.25) is 0 Å². The fourth-order valence-corrected chi connectivity index (χ4v) is 3.25. The average molecular weight is 449 g/mol. The van der Waals surface area contributed by atoms with E-state index in [1.165, 1.54) is 0 Å². The third-order valence-electron chi connectivity index (χ3n) is 4.83. The minimum Gasteiger partial charge on any atom is -0.549 e. The Morgan fingerprint density at radius 3 is 2.34 bits per heavy atom. The van der Waals surface area contributed by atoms with Crippen LogP contribution < -0.4 is 74.1 Å². The molecule has 0 bridgehead atoms. The Morgan fingerprint density at radius 1 is 0.938 bits per heavy atom. The third-order valence-corrected chi connectivity index (χ3v) is 4.83. The van der Waals surface area contributed by atoms with Crippen LogP contribution in [0.25, 0.3) is 33.3 Å². The Kier molecular flexibility index (Phi) is 9.76. The van der Waals surface area contributed by atoms with E-state index < -0.39 is 17.9 Å². The van der Waals surface area contributed by atoms with Gasteiger partial charge in [0.15, 0.2) is 5.58 Å². The van der Waals surface area contributed by atoms with Gasteiger partial charge in [-0.15, -0.1) is 0 Å². The summed E-state index contributed by atoms with van der Waals surface area (Å²) in [4.78, 5) is 26.0. The van der Waals surface area contributed by atoms with Crippen LogP contribution in [0.3, 0.4) is 0 Å². The smallest absolute Gasteiger partial charge is 0.549 e. The predicted molar refractivity (Wildman–Crippen MR) is 105 cm³/mol. The summed E-state index contributed by atoms with van der Waals surface area (Å²) in [7, 11) is 0. The number of aliphatic carboxylic acids is 2. The van der Waals surface area contributed by atoms with Crippen molar-refractivity contribution >= 4 is 33.8 Å². The Morgan fingerprint density at radius 2 is 1.62 bits per heavy atom. The van der Waals surface area contributed by atoms with E-state index in [-0.39, 0.29) is 78.6 Å². The van der Waals surface area contributed by atoms with Crippen molar-refractivity contribution in [2.45, 2.75) is 12.8 Å². The molecule has 4 aromatic rings. The number of rotatable bonds is 8.